The van der Waals surface area contributed by atoms with Gasteiger partial charge < -0.3 is 21.7 Å². The van der Waals surface area contributed by atoms with Gasteiger partial charge in [0.25, 0.3) is 0 Å². The molecule has 7 heteroatoms. The Morgan fingerprint density at radius 3 is 2.45 bits per heavy atom. The van der Waals surface area contributed by atoms with Crippen LogP contribution in [0.3, 0.4) is 0 Å². The zero-order valence-electron chi connectivity index (χ0n) is 10.6. The predicted molar refractivity (Wildman–Crippen MR) is 72.7 cm³/mol. The number of hydrogen-bond donors (Lipinski definition) is 4. The lowest BCUT2D eigenvalue weighted by atomic mass is 10.0. The van der Waals surface area contributed by atoms with E-state index in [9.17, 15) is 10.2 Å². The van der Waals surface area contributed by atoms with Crippen LogP contribution in [0.15, 0.2) is 30.5 Å². The number of hydrogen-bond acceptors (Lipinski definition) is 6. The van der Waals surface area contributed by atoms with E-state index in [1.807, 2.05) is 6.07 Å². The Morgan fingerprint density at radius 1 is 1.30 bits per heavy atom. The molecule has 2 rings (SSSR count). The monoisotopic (exact) mass is 273 g/mol. The van der Waals surface area contributed by atoms with Crippen molar-refractivity contribution in [3.63, 3.8) is 0 Å². The summed E-state index contributed by atoms with van der Waals surface area (Å²) in [6.45, 7) is -0.0272. The first-order valence-electron chi connectivity index (χ1n) is 5.98. The number of benzene rings is 1. The van der Waals surface area contributed by atoms with Gasteiger partial charge in [0.15, 0.2) is 0 Å². The van der Waals surface area contributed by atoms with Crippen LogP contribution in [0.2, 0.25) is 0 Å². The van der Waals surface area contributed by atoms with Crippen LogP contribution in [0, 0.1) is 11.3 Å². The molecule has 104 valence electrons. The SMILES string of the molecule is N#Cc1cnn(-c2ccc(C(O)C(O)CN)cc2)c1N. The smallest absolute Gasteiger partial charge is 0.145 e. The van der Waals surface area contributed by atoms with E-state index < -0.39 is 12.2 Å². The first-order valence-corrected chi connectivity index (χ1v) is 5.98. The van der Waals surface area contributed by atoms with Crippen LogP contribution in [0.1, 0.15) is 17.2 Å². The van der Waals surface area contributed by atoms with Crippen molar-refractivity contribution in [1.29, 1.82) is 5.26 Å². The van der Waals surface area contributed by atoms with Crippen molar-refractivity contribution in [1.82, 2.24) is 9.78 Å². The molecule has 0 spiro atoms. The van der Waals surface area contributed by atoms with Gasteiger partial charge in [-0.15, -0.1) is 0 Å². The normalized spacial score (nSPS) is 13.7. The Hall–Kier alpha value is -2.40. The maximum Gasteiger partial charge on any atom is 0.145 e. The molecule has 7 nitrogen and oxygen atoms in total. The minimum absolute atomic E-state index is 0.0272. The van der Waals surface area contributed by atoms with Crippen LogP contribution < -0.4 is 11.5 Å². The number of rotatable bonds is 4. The number of anilines is 1. The molecule has 0 amide bonds. The average Bonchev–Trinajstić information content (AvgIpc) is 2.86. The number of nitrogens with two attached hydrogens (primary N) is 2. The molecule has 0 radical (unpaired) electrons. The number of aromatic nitrogens is 2. The lowest BCUT2D eigenvalue weighted by Crippen LogP contribution is -2.27. The zero-order chi connectivity index (χ0) is 14.7. The third kappa shape index (κ3) is 2.48. The molecule has 20 heavy (non-hydrogen) atoms. The molecular formula is C13H15N5O2. The van der Waals surface area contributed by atoms with E-state index in [0.29, 0.717) is 16.8 Å². The Balaban J connectivity index is 2.28. The van der Waals surface area contributed by atoms with Gasteiger partial charge >= 0.3 is 0 Å². The zero-order valence-corrected chi connectivity index (χ0v) is 10.6. The minimum Gasteiger partial charge on any atom is -0.389 e. The number of nitrogens with zero attached hydrogens (tertiary/aromatic N) is 3. The van der Waals surface area contributed by atoms with E-state index in [4.69, 9.17) is 16.7 Å². The fraction of sp³-hybridized carbons (Fsp3) is 0.231. The molecule has 0 aliphatic heterocycles. The average molecular weight is 273 g/mol. The quantitative estimate of drug-likeness (QED) is 0.603. The van der Waals surface area contributed by atoms with Crippen LogP contribution in [-0.4, -0.2) is 32.6 Å². The maximum atomic E-state index is 9.83. The van der Waals surface area contributed by atoms with E-state index in [1.165, 1.54) is 10.9 Å². The van der Waals surface area contributed by atoms with Crippen LogP contribution in [0.5, 0.6) is 0 Å². The van der Waals surface area contributed by atoms with Gasteiger partial charge in [0, 0.05) is 6.54 Å². The van der Waals surface area contributed by atoms with Gasteiger partial charge in [-0.25, -0.2) is 4.68 Å². The fourth-order valence-corrected chi connectivity index (χ4v) is 1.81. The molecule has 6 N–H and O–H groups in total. The third-order valence-electron chi connectivity index (χ3n) is 3.01. The van der Waals surface area contributed by atoms with E-state index in [-0.39, 0.29) is 12.4 Å². The molecule has 0 bridgehead atoms. The highest BCUT2D eigenvalue weighted by Crippen LogP contribution is 2.21. The Bertz CT molecular complexity index is 629. The molecular weight excluding hydrogens is 258 g/mol. The van der Waals surface area contributed by atoms with E-state index in [0.717, 1.165) is 0 Å². The predicted octanol–water partition coefficient (Wildman–Crippen LogP) is -0.321. The molecule has 0 fully saturated rings. The van der Waals surface area contributed by atoms with Crippen molar-refractivity contribution in [3.05, 3.63) is 41.6 Å². The summed E-state index contributed by atoms with van der Waals surface area (Å²) < 4.78 is 1.42. The maximum absolute atomic E-state index is 9.83. The number of nitriles is 1. The molecule has 0 aliphatic rings. The molecule has 0 saturated heterocycles. The van der Waals surface area contributed by atoms with Gasteiger partial charge in [-0.1, -0.05) is 12.1 Å². The molecule has 2 atom stereocenters. The Morgan fingerprint density at radius 2 is 1.95 bits per heavy atom. The summed E-state index contributed by atoms with van der Waals surface area (Å²) in [6.07, 6.45) is -0.671. The highest BCUT2D eigenvalue weighted by atomic mass is 16.3. The molecule has 2 aromatic rings. The third-order valence-corrected chi connectivity index (χ3v) is 3.01. The molecule has 0 aliphatic carbocycles. The first-order chi connectivity index (χ1) is 9.58. The lowest BCUT2D eigenvalue weighted by molar-refractivity contribution is 0.0243. The van der Waals surface area contributed by atoms with E-state index >= 15 is 0 Å². The summed E-state index contributed by atoms with van der Waals surface area (Å²) in [7, 11) is 0. The van der Waals surface area contributed by atoms with Crippen molar-refractivity contribution in [3.8, 4) is 11.8 Å². The summed E-state index contributed by atoms with van der Waals surface area (Å²) in [5.74, 6) is 0.253. The second-order valence-electron chi connectivity index (χ2n) is 4.31. The van der Waals surface area contributed by atoms with Crippen LogP contribution in [0.25, 0.3) is 5.69 Å². The van der Waals surface area contributed by atoms with Crippen molar-refractivity contribution in [2.75, 3.05) is 12.3 Å². The summed E-state index contributed by atoms with van der Waals surface area (Å²) in [6, 6.07) is 8.61. The largest absolute Gasteiger partial charge is 0.389 e. The van der Waals surface area contributed by atoms with Gasteiger partial charge in [0.2, 0.25) is 0 Å². The second kappa shape index (κ2) is 5.71. The van der Waals surface area contributed by atoms with Crippen molar-refractivity contribution < 1.29 is 10.2 Å². The van der Waals surface area contributed by atoms with Gasteiger partial charge in [0.1, 0.15) is 23.6 Å². The van der Waals surface area contributed by atoms with E-state index in [2.05, 4.69) is 5.10 Å². The number of aliphatic hydroxyl groups excluding tert-OH is 2. The van der Waals surface area contributed by atoms with Crippen LogP contribution in [0.4, 0.5) is 5.82 Å². The van der Waals surface area contributed by atoms with Gasteiger partial charge in [-0.05, 0) is 17.7 Å². The Kier molecular flexibility index (Phi) is 4.00. The van der Waals surface area contributed by atoms with E-state index in [1.54, 1.807) is 24.3 Å². The molecule has 2 unspecified atom stereocenters. The van der Waals surface area contributed by atoms with Crippen LogP contribution >= 0.6 is 0 Å². The highest BCUT2D eigenvalue weighted by molar-refractivity contribution is 5.52. The van der Waals surface area contributed by atoms with Crippen molar-refractivity contribution in [2.24, 2.45) is 5.73 Å². The Labute approximate surface area is 115 Å². The summed E-state index contributed by atoms with van der Waals surface area (Å²) in [5.41, 5.74) is 12.6. The number of nitrogen functional groups attached to an aromatic ring is 1. The lowest BCUT2D eigenvalue weighted by Gasteiger charge is -2.16. The van der Waals surface area contributed by atoms with Crippen LogP contribution in [-0.2, 0) is 0 Å². The van der Waals surface area contributed by atoms with Crippen molar-refractivity contribution >= 4 is 5.82 Å². The first kappa shape index (κ1) is 14.0. The number of aliphatic hydroxyl groups is 2. The summed E-state index contributed by atoms with van der Waals surface area (Å²) in [5, 5.41) is 32.2. The summed E-state index contributed by atoms with van der Waals surface area (Å²) >= 11 is 0. The molecule has 1 aromatic heterocycles. The molecule has 1 heterocycles. The highest BCUT2D eigenvalue weighted by Gasteiger charge is 2.17. The summed E-state index contributed by atoms with van der Waals surface area (Å²) in [4.78, 5) is 0. The standard InChI is InChI=1S/C13H15N5O2/c14-5-9-7-17-18(13(9)16)10-3-1-8(2-4-10)12(20)11(19)6-15/h1-4,7,11-12,19-20H,6,15-16H2. The van der Waals surface area contributed by atoms with Crippen molar-refractivity contribution in [2.45, 2.75) is 12.2 Å². The second-order valence-corrected chi connectivity index (χ2v) is 4.31. The van der Waals surface area contributed by atoms with Gasteiger partial charge in [-0.3, -0.25) is 0 Å². The fourth-order valence-electron chi connectivity index (χ4n) is 1.81. The van der Waals surface area contributed by atoms with Gasteiger partial charge in [-0.2, -0.15) is 10.4 Å². The topological polar surface area (TPSA) is 134 Å². The molecule has 0 saturated carbocycles. The van der Waals surface area contributed by atoms with Gasteiger partial charge in [0.05, 0.1) is 18.0 Å². The minimum atomic E-state index is -1.04. The molecule has 1 aromatic carbocycles.